The molecule has 1 heterocycles. The highest BCUT2D eigenvalue weighted by Crippen LogP contribution is 2.53. The molecular formula is C15H31O5PS. The fourth-order valence-corrected chi connectivity index (χ4v) is 4.37. The van der Waals surface area contributed by atoms with Gasteiger partial charge >= 0.3 is 7.82 Å². The molecule has 0 aromatic rings. The van der Waals surface area contributed by atoms with Crippen LogP contribution in [0.3, 0.4) is 0 Å². The molecular weight excluding hydrogens is 323 g/mol. The molecule has 0 spiro atoms. The number of phosphoric acid groups is 1. The van der Waals surface area contributed by atoms with E-state index in [0.717, 1.165) is 0 Å². The molecule has 1 aliphatic rings. The smallest absolute Gasteiger partial charge is 0.372 e. The summed E-state index contributed by atoms with van der Waals surface area (Å²) in [6.07, 6.45) is -0.0289. The molecule has 1 aliphatic heterocycles. The molecule has 1 saturated heterocycles. The standard InChI is InChI=1S/C15H31O5PS/c1-10(2)15(11(3)4)20-21(16,17-7-8-22)18-9-14-12(5)13(6)19-14/h10-15,22H,7-9H2,1-6H3. The van der Waals surface area contributed by atoms with Crippen molar-refractivity contribution in [2.45, 2.75) is 59.9 Å². The zero-order valence-corrected chi connectivity index (χ0v) is 16.3. The van der Waals surface area contributed by atoms with Crippen LogP contribution < -0.4 is 0 Å². The van der Waals surface area contributed by atoms with E-state index in [2.05, 4.69) is 19.6 Å². The van der Waals surface area contributed by atoms with Gasteiger partial charge in [-0.3, -0.25) is 13.6 Å². The molecule has 0 bridgehead atoms. The minimum Gasteiger partial charge on any atom is -0.372 e. The Kier molecular flexibility index (Phi) is 8.42. The Morgan fingerprint density at radius 3 is 2.14 bits per heavy atom. The van der Waals surface area contributed by atoms with Crippen molar-refractivity contribution in [1.29, 1.82) is 0 Å². The molecule has 0 radical (unpaired) electrons. The third kappa shape index (κ3) is 5.81. The van der Waals surface area contributed by atoms with Gasteiger partial charge in [-0.05, 0) is 18.8 Å². The van der Waals surface area contributed by atoms with Crippen molar-refractivity contribution in [1.82, 2.24) is 0 Å². The number of thiol groups is 1. The average molecular weight is 354 g/mol. The van der Waals surface area contributed by atoms with Crippen LogP contribution in [-0.4, -0.2) is 37.3 Å². The maximum absolute atomic E-state index is 12.9. The third-order valence-electron chi connectivity index (χ3n) is 4.02. The van der Waals surface area contributed by atoms with Crippen molar-refractivity contribution < 1.29 is 22.9 Å². The van der Waals surface area contributed by atoms with E-state index in [1.54, 1.807) is 0 Å². The van der Waals surface area contributed by atoms with Gasteiger partial charge in [0, 0.05) is 11.7 Å². The van der Waals surface area contributed by atoms with E-state index in [0.29, 0.717) is 11.7 Å². The number of phosphoric ester groups is 1. The second-order valence-corrected chi connectivity index (χ2v) is 8.67. The van der Waals surface area contributed by atoms with E-state index in [9.17, 15) is 4.57 Å². The minimum atomic E-state index is -3.61. The van der Waals surface area contributed by atoms with Gasteiger partial charge in [0.05, 0.1) is 31.5 Å². The van der Waals surface area contributed by atoms with Crippen LogP contribution in [0.15, 0.2) is 0 Å². The highest BCUT2D eigenvalue weighted by molar-refractivity contribution is 7.80. The maximum Gasteiger partial charge on any atom is 0.475 e. The summed E-state index contributed by atoms with van der Waals surface area (Å²) in [6, 6.07) is 0. The lowest BCUT2D eigenvalue weighted by atomic mass is 9.93. The summed E-state index contributed by atoms with van der Waals surface area (Å²) in [4.78, 5) is 0. The molecule has 22 heavy (non-hydrogen) atoms. The Balaban J connectivity index is 2.65. The van der Waals surface area contributed by atoms with E-state index in [4.69, 9.17) is 18.3 Å². The quantitative estimate of drug-likeness (QED) is 0.471. The summed E-state index contributed by atoms with van der Waals surface area (Å²) < 4.78 is 35.1. The van der Waals surface area contributed by atoms with Gasteiger partial charge < -0.3 is 4.74 Å². The molecule has 4 unspecified atom stereocenters. The minimum absolute atomic E-state index is 0.0527. The predicted molar refractivity (Wildman–Crippen MR) is 91.4 cm³/mol. The van der Waals surface area contributed by atoms with Gasteiger partial charge in [0.25, 0.3) is 0 Å². The molecule has 0 saturated carbocycles. The van der Waals surface area contributed by atoms with Crippen LogP contribution in [0.1, 0.15) is 41.5 Å². The van der Waals surface area contributed by atoms with Crippen molar-refractivity contribution in [2.75, 3.05) is 19.0 Å². The second-order valence-electron chi connectivity index (χ2n) is 6.60. The lowest BCUT2D eigenvalue weighted by Gasteiger charge is -2.41. The fourth-order valence-electron chi connectivity index (χ4n) is 2.51. The van der Waals surface area contributed by atoms with E-state index in [-0.39, 0.29) is 43.4 Å². The van der Waals surface area contributed by atoms with Crippen LogP contribution in [0, 0.1) is 17.8 Å². The Labute approximate surface area is 140 Å². The molecule has 7 heteroatoms. The molecule has 132 valence electrons. The van der Waals surface area contributed by atoms with Crippen molar-refractivity contribution in [3.8, 4) is 0 Å². The van der Waals surface area contributed by atoms with Gasteiger partial charge in [-0.1, -0.05) is 34.6 Å². The molecule has 5 nitrogen and oxygen atoms in total. The molecule has 0 amide bonds. The van der Waals surface area contributed by atoms with Crippen LogP contribution in [0.5, 0.6) is 0 Å². The van der Waals surface area contributed by atoms with Gasteiger partial charge in [-0.2, -0.15) is 12.6 Å². The Morgan fingerprint density at radius 1 is 1.14 bits per heavy atom. The van der Waals surface area contributed by atoms with E-state index >= 15 is 0 Å². The first-order chi connectivity index (χ1) is 10.2. The number of hydrogen-bond donors (Lipinski definition) is 1. The number of ether oxygens (including phenoxy) is 1. The van der Waals surface area contributed by atoms with Crippen LogP contribution in [0.4, 0.5) is 0 Å². The molecule has 4 atom stereocenters. The third-order valence-corrected chi connectivity index (χ3v) is 5.67. The number of hydrogen-bond acceptors (Lipinski definition) is 6. The zero-order valence-electron chi connectivity index (χ0n) is 14.5. The van der Waals surface area contributed by atoms with Crippen LogP contribution >= 0.6 is 20.5 Å². The van der Waals surface area contributed by atoms with Gasteiger partial charge in [0.1, 0.15) is 0 Å². The highest BCUT2D eigenvalue weighted by atomic mass is 32.1. The van der Waals surface area contributed by atoms with Gasteiger partial charge in [0.15, 0.2) is 0 Å². The predicted octanol–water partition coefficient (Wildman–Crippen LogP) is 4.18. The molecule has 1 rings (SSSR count). The highest BCUT2D eigenvalue weighted by Gasteiger charge is 2.40. The molecule has 0 aromatic carbocycles. The molecule has 0 aromatic heterocycles. The second kappa shape index (κ2) is 9.05. The van der Waals surface area contributed by atoms with Gasteiger partial charge in [0.2, 0.25) is 0 Å². The lowest BCUT2D eigenvalue weighted by Crippen LogP contribution is -2.47. The van der Waals surface area contributed by atoms with E-state index in [1.165, 1.54) is 0 Å². The monoisotopic (exact) mass is 354 g/mol. The summed E-state index contributed by atoms with van der Waals surface area (Å²) in [5, 5.41) is 0. The van der Waals surface area contributed by atoms with Crippen molar-refractivity contribution in [3.63, 3.8) is 0 Å². The van der Waals surface area contributed by atoms with E-state index in [1.807, 2.05) is 34.6 Å². The summed E-state index contributed by atoms with van der Waals surface area (Å²) in [5.74, 6) is 1.27. The summed E-state index contributed by atoms with van der Waals surface area (Å²) in [5.41, 5.74) is 0. The number of rotatable bonds is 10. The fraction of sp³-hybridized carbons (Fsp3) is 1.00. The topological polar surface area (TPSA) is 54.0 Å². The normalized spacial score (nSPS) is 28.2. The van der Waals surface area contributed by atoms with Crippen molar-refractivity contribution in [2.24, 2.45) is 17.8 Å². The van der Waals surface area contributed by atoms with Crippen LogP contribution in [0.2, 0.25) is 0 Å². The largest absolute Gasteiger partial charge is 0.475 e. The Hall–Kier alpha value is 0.420. The Bertz CT molecular complexity index is 369. The zero-order chi connectivity index (χ0) is 16.9. The summed E-state index contributed by atoms with van der Waals surface area (Å²) >= 11 is 4.09. The molecule has 0 aliphatic carbocycles. The average Bonchev–Trinajstić information content (AvgIpc) is 2.46. The lowest BCUT2D eigenvalue weighted by molar-refractivity contribution is -0.181. The van der Waals surface area contributed by atoms with Crippen LogP contribution in [0.25, 0.3) is 0 Å². The first-order valence-corrected chi connectivity index (χ1v) is 10.1. The maximum atomic E-state index is 12.9. The first-order valence-electron chi connectivity index (χ1n) is 8.04. The molecule has 0 N–H and O–H groups in total. The van der Waals surface area contributed by atoms with Gasteiger partial charge in [-0.25, -0.2) is 4.57 Å². The summed E-state index contributed by atoms with van der Waals surface area (Å²) in [6.45, 7) is 12.7. The van der Waals surface area contributed by atoms with Crippen molar-refractivity contribution in [3.05, 3.63) is 0 Å². The first kappa shape index (κ1) is 20.5. The summed E-state index contributed by atoms with van der Waals surface area (Å²) in [7, 11) is -3.61. The van der Waals surface area contributed by atoms with Crippen molar-refractivity contribution >= 4 is 20.5 Å². The van der Waals surface area contributed by atoms with Crippen LogP contribution in [-0.2, 0) is 22.9 Å². The van der Waals surface area contributed by atoms with E-state index < -0.39 is 7.82 Å². The van der Waals surface area contributed by atoms with Gasteiger partial charge in [-0.15, -0.1) is 0 Å². The molecule has 1 fully saturated rings. The Morgan fingerprint density at radius 2 is 1.73 bits per heavy atom. The SMILES string of the molecule is CC(C)C(OP(=O)(OCCS)OCC1OC(C)C1C)C(C)C.